The van der Waals surface area contributed by atoms with Gasteiger partial charge < -0.3 is 19.9 Å². The second-order valence-corrected chi connectivity index (χ2v) is 6.84. The number of aliphatic imine (C=N–C) groups is 1. The van der Waals surface area contributed by atoms with Gasteiger partial charge in [-0.2, -0.15) is 0 Å². The number of aromatic nitrogens is 1. The van der Waals surface area contributed by atoms with Crippen LogP contribution in [0.15, 0.2) is 47.6 Å². The monoisotopic (exact) mass is 387 g/mol. The lowest BCUT2D eigenvalue weighted by Crippen LogP contribution is -2.40. The molecule has 1 aliphatic rings. The van der Waals surface area contributed by atoms with Crippen LogP contribution in [0.2, 0.25) is 5.02 Å². The Morgan fingerprint density at radius 1 is 1.22 bits per heavy atom. The molecule has 0 spiro atoms. The molecule has 0 unspecified atom stereocenters. The molecule has 1 N–H and O–H groups in total. The maximum atomic E-state index is 6.29. The summed E-state index contributed by atoms with van der Waals surface area (Å²) in [5.74, 6) is 1.82. The Balaban J connectivity index is 1.65. The molecule has 0 aliphatic carbocycles. The van der Waals surface area contributed by atoms with Crippen LogP contribution in [0, 0.1) is 0 Å². The normalized spacial score (nSPS) is 14.9. The van der Waals surface area contributed by atoms with Crippen LogP contribution in [0.25, 0.3) is 0 Å². The van der Waals surface area contributed by atoms with Crippen LogP contribution < -0.4 is 10.2 Å². The van der Waals surface area contributed by atoms with Crippen LogP contribution in [-0.2, 0) is 17.8 Å². The third kappa shape index (κ3) is 5.11. The van der Waals surface area contributed by atoms with E-state index in [4.69, 9.17) is 16.3 Å². The predicted molar refractivity (Wildman–Crippen MR) is 110 cm³/mol. The third-order valence-electron chi connectivity index (χ3n) is 4.55. The Kier molecular flexibility index (Phi) is 6.90. The lowest BCUT2D eigenvalue weighted by atomic mass is 10.2. The lowest BCUT2D eigenvalue weighted by Gasteiger charge is -2.30. The fourth-order valence-electron chi connectivity index (χ4n) is 3.14. The highest BCUT2D eigenvalue weighted by Gasteiger charge is 2.16. The summed E-state index contributed by atoms with van der Waals surface area (Å²) in [5, 5.41) is 4.21. The van der Waals surface area contributed by atoms with Gasteiger partial charge in [-0.15, -0.1) is 0 Å². The Hall–Kier alpha value is -2.31. The van der Waals surface area contributed by atoms with Gasteiger partial charge >= 0.3 is 0 Å². The molecule has 0 saturated carbocycles. The van der Waals surface area contributed by atoms with Crippen LogP contribution in [0.1, 0.15) is 11.1 Å². The number of nitrogens with zero attached hydrogens (tertiary/aromatic N) is 4. The molecule has 3 rings (SSSR count). The minimum atomic E-state index is 0.653. The molecule has 27 heavy (non-hydrogen) atoms. The second-order valence-electron chi connectivity index (χ2n) is 6.43. The highest BCUT2D eigenvalue weighted by atomic mass is 35.5. The molecule has 2 aromatic rings. The zero-order valence-corrected chi connectivity index (χ0v) is 16.6. The number of hydrogen-bond donors (Lipinski definition) is 1. The quantitative estimate of drug-likeness (QED) is 0.631. The van der Waals surface area contributed by atoms with Crippen molar-refractivity contribution in [2.45, 2.75) is 13.1 Å². The number of pyridine rings is 1. The molecule has 2 heterocycles. The SMILES string of the molecule is CN=C(NCc1cccnc1N1CCOCC1)N(C)Cc1ccccc1Cl. The summed E-state index contributed by atoms with van der Waals surface area (Å²) in [6, 6.07) is 11.9. The molecular weight excluding hydrogens is 362 g/mol. The van der Waals surface area contributed by atoms with E-state index in [0.29, 0.717) is 13.1 Å². The van der Waals surface area contributed by atoms with E-state index in [1.165, 1.54) is 0 Å². The van der Waals surface area contributed by atoms with Crippen LogP contribution in [-0.4, -0.2) is 56.2 Å². The first-order chi connectivity index (χ1) is 13.2. The Bertz CT molecular complexity index is 776. The van der Waals surface area contributed by atoms with E-state index in [9.17, 15) is 0 Å². The molecule has 0 amide bonds. The third-order valence-corrected chi connectivity index (χ3v) is 4.92. The molecule has 0 atom stereocenters. The van der Waals surface area contributed by atoms with Crippen LogP contribution in [0.3, 0.4) is 0 Å². The van der Waals surface area contributed by atoms with E-state index < -0.39 is 0 Å². The van der Waals surface area contributed by atoms with Crippen molar-refractivity contribution in [3.63, 3.8) is 0 Å². The number of ether oxygens (including phenoxy) is 1. The van der Waals surface area contributed by atoms with Gasteiger partial charge in [0.1, 0.15) is 5.82 Å². The first kappa shape index (κ1) is 19.5. The van der Waals surface area contributed by atoms with Crippen molar-refractivity contribution in [3.8, 4) is 0 Å². The Labute approximate surface area is 165 Å². The molecule has 6 nitrogen and oxygen atoms in total. The molecule has 0 radical (unpaired) electrons. The number of hydrogen-bond acceptors (Lipinski definition) is 4. The van der Waals surface area contributed by atoms with Crippen molar-refractivity contribution in [2.75, 3.05) is 45.3 Å². The molecule has 1 fully saturated rings. The van der Waals surface area contributed by atoms with Crippen molar-refractivity contribution >= 4 is 23.4 Å². The van der Waals surface area contributed by atoms with Gasteiger partial charge in [-0.1, -0.05) is 35.9 Å². The average Bonchev–Trinajstić information content (AvgIpc) is 2.71. The zero-order chi connectivity index (χ0) is 19.1. The van der Waals surface area contributed by atoms with Crippen molar-refractivity contribution in [2.24, 2.45) is 4.99 Å². The first-order valence-electron chi connectivity index (χ1n) is 9.11. The zero-order valence-electron chi connectivity index (χ0n) is 15.9. The summed E-state index contributed by atoms with van der Waals surface area (Å²) in [6.07, 6.45) is 1.84. The fraction of sp³-hybridized carbons (Fsp3) is 0.400. The minimum absolute atomic E-state index is 0.653. The topological polar surface area (TPSA) is 53.0 Å². The molecule has 144 valence electrons. The maximum absolute atomic E-state index is 6.29. The highest BCUT2D eigenvalue weighted by molar-refractivity contribution is 6.31. The van der Waals surface area contributed by atoms with Crippen LogP contribution in [0.4, 0.5) is 5.82 Å². The first-order valence-corrected chi connectivity index (χ1v) is 9.48. The molecule has 1 aromatic heterocycles. The minimum Gasteiger partial charge on any atom is -0.378 e. The highest BCUT2D eigenvalue weighted by Crippen LogP contribution is 2.19. The van der Waals surface area contributed by atoms with Gasteiger partial charge in [0.25, 0.3) is 0 Å². The van der Waals surface area contributed by atoms with E-state index in [-0.39, 0.29) is 0 Å². The summed E-state index contributed by atoms with van der Waals surface area (Å²) >= 11 is 6.29. The van der Waals surface area contributed by atoms with E-state index >= 15 is 0 Å². The second kappa shape index (κ2) is 9.58. The van der Waals surface area contributed by atoms with Crippen LogP contribution in [0.5, 0.6) is 0 Å². The molecule has 1 aliphatic heterocycles. The number of morpholine rings is 1. The molecule has 0 bridgehead atoms. The number of nitrogens with one attached hydrogen (secondary N) is 1. The summed E-state index contributed by atoms with van der Waals surface area (Å²) in [4.78, 5) is 13.3. The van der Waals surface area contributed by atoms with Gasteiger partial charge in [-0.05, 0) is 17.7 Å². The van der Waals surface area contributed by atoms with Gasteiger partial charge in [0.05, 0.1) is 13.2 Å². The van der Waals surface area contributed by atoms with Crippen molar-refractivity contribution in [1.82, 2.24) is 15.2 Å². The van der Waals surface area contributed by atoms with Gasteiger partial charge in [0.15, 0.2) is 5.96 Å². The summed E-state index contributed by atoms with van der Waals surface area (Å²) in [6.45, 7) is 4.55. The summed E-state index contributed by atoms with van der Waals surface area (Å²) in [7, 11) is 3.79. The van der Waals surface area contributed by atoms with Crippen molar-refractivity contribution < 1.29 is 4.74 Å². The summed E-state index contributed by atoms with van der Waals surface area (Å²) < 4.78 is 5.45. The molecule has 1 aromatic carbocycles. The van der Waals surface area contributed by atoms with E-state index in [1.54, 1.807) is 7.05 Å². The van der Waals surface area contributed by atoms with Gasteiger partial charge in [-0.25, -0.2) is 4.98 Å². The lowest BCUT2D eigenvalue weighted by molar-refractivity contribution is 0.122. The molecule has 1 saturated heterocycles. The fourth-order valence-corrected chi connectivity index (χ4v) is 3.34. The molecule has 7 heteroatoms. The predicted octanol–water partition coefficient (Wildman–Crippen LogP) is 2.78. The maximum Gasteiger partial charge on any atom is 0.193 e. The van der Waals surface area contributed by atoms with Crippen molar-refractivity contribution in [3.05, 3.63) is 58.7 Å². The largest absolute Gasteiger partial charge is 0.378 e. The Morgan fingerprint density at radius 2 is 1.96 bits per heavy atom. The average molecular weight is 388 g/mol. The molecular formula is C20H26ClN5O. The van der Waals surface area contributed by atoms with E-state index in [0.717, 1.165) is 54.2 Å². The van der Waals surface area contributed by atoms with Gasteiger partial charge in [-0.3, -0.25) is 4.99 Å². The smallest absolute Gasteiger partial charge is 0.193 e. The van der Waals surface area contributed by atoms with E-state index in [1.807, 2.05) is 43.6 Å². The standard InChI is InChI=1S/C20H26ClN5O/c1-22-20(25(2)15-17-6-3-4-8-18(17)21)24-14-16-7-5-9-23-19(16)26-10-12-27-13-11-26/h3-9H,10-15H2,1-2H3,(H,22,24). The van der Waals surface area contributed by atoms with Crippen LogP contribution >= 0.6 is 11.6 Å². The number of halogens is 1. The number of benzene rings is 1. The number of rotatable bonds is 5. The Morgan fingerprint density at radius 3 is 2.70 bits per heavy atom. The number of anilines is 1. The van der Waals surface area contributed by atoms with Crippen molar-refractivity contribution in [1.29, 1.82) is 0 Å². The number of guanidine groups is 1. The summed E-state index contributed by atoms with van der Waals surface area (Å²) in [5.41, 5.74) is 2.21. The van der Waals surface area contributed by atoms with Gasteiger partial charge in [0.2, 0.25) is 0 Å². The van der Waals surface area contributed by atoms with E-state index in [2.05, 4.69) is 31.2 Å². The van der Waals surface area contributed by atoms with Gasteiger partial charge in [0, 0.05) is 57.1 Å².